The Morgan fingerprint density at radius 2 is 1.81 bits per heavy atom. The predicted molar refractivity (Wildman–Crippen MR) is 130 cm³/mol. The van der Waals surface area contributed by atoms with Gasteiger partial charge in [0.25, 0.3) is 0 Å². The van der Waals surface area contributed by atoms with Crippen LogP contribution < -0.4 is 10.7 Å². The summed E-state index contributed by atoms with van der Waals surface area (Å²) in [6.45, 7) is 1.84. The van der Waals surface area contributed by atoms with Crippen molar-refractivity contribution >= 4 is 11.8 Å². The molecule has 7 nitrogen and oxygen atoms in total. The minimum atomic E-state index is -4.48. The molecule has 36 heavy (non-hydrogen) atoms. The molecule has 196 valence electrons. The number of hydrogen-bond acceptors (Lipinski definition) is 5. The van der Waals surface area contributed by atoms with E-state index in [1.807, 2.05) is 42.3 Å². The first-order valence-electron chi connectivity index (χ1n) is 12.0. The Kier molecular flexibility index (Phi) is 9.33. The molecule has 10 heteroatoms. The van der Waals surface area contributed by atoms with Crippen molar-refractivity contribution in [3.05, 3.63) is 65.7 Å². The Balaban J connectivity index is 1.84. The van der Waals surface area contributed by atoms with Gasteiger partial charge < -0.3 is 15.3 Å². The Morgan fingerprint density at radius 1 is 1.14 bits per heavy atom. The lowest BCUT2D eigenvalue weighted by Gasteiger charge is -2.36. The van der Waals surface area contributed by atoms with Crippen LogP contribution in [0.3, 0.4) is 0 Å². The molecule has 0 aliphatic carbocycles. The first kappa shape index (κ1) is 27.5. The zero-order valence-electron chi connectivity index (χ0n) is 20.5. The molecule has 0 radical (unpaired) electrons. The fourth-order valence-electron chi connectivity index (χ4n) is 4.41. The third-order valence-corrected chi connectivity index (χ3v) is 6.65. The van der Waals surface area contributed by atoms with E-state index in [0.29, 0.717) is 6.54 Å². The SMILES string of the molecule is CC1C(C(C(=O)NCc2ccccc2)N(CCC(F)(F)F)C(=O)CCc2ccc(O)cc2)CNN1C. The van der Waals surface area contributed by atoms with E-state index < -0.39 is 42.9 Å². The zero-order valence-corrected chi connectivity index (χ0v) is 20.5. The van der Waals surface area contributed by atoms with Crippen LogP contribution in [0, 0.1) is 5.92 Å². The van der Waals surface area contributed by atoms with E-state index in [9.17, 15) is 27.9 Å². The van der Waals surface area contributed by atoms with Gasteiger partial charge in [-0.1, -0.05) is 42.5 Å². The third kappa shape index (κ3) is 7.69. The molecule has 3 N–H and O–H groups in total. The molecule has 1 aliphatic heterocycles. The number of carbonyl (C=O) groups is 2. The molecule has 2 aromatic rings. The largest absolute Gasteiger partial charge is 0.508 e. The maximum absolute atomic E-state index is 13.5. The third-order valence-electron chi connectivity index (χ3n) is 6.65. The number of aryl methyl sites for hydroxylation is 1. The molecule has 3 rings (SSSR count). The molecular formula is C26H33F3N4O3. The van der Waals surface area contributed by atoms with E-state index in [1.54, 1.807) is 19.2 Å². The Bertz CT molecular complexity index is 1000. The number of nitrogens with zero attached hydrogens (tertiary/aromatic N) is 2. The minimum absolute atomic E-state index is 0.0601. The van der Waals surface area contributed by atoms with Crippen molar-refractivity contribution < 1.29 is 27.9 Å². The summed E-state index contributed by atoms with van der Waals surface area (Å²) in [4.78, 5) is 27.9. The highest BCUT2D eigenvalue weighted by Gasteiger charge is 2.44. The number of hydrazine groups is 1. The van der Waals surface area contributed by atoms with Crippen LogP contribution in [-0.4, -0.2) is 65.2 Å². The van der Waals surface area contributed by atoms with Gasteiger partial charge in [-0.2, -0.15) is 13.2 Å². The Morgan fingerprint density at radius 3 is 2.39 bits per heavy atom. The number of phenols is 1. The Hall–Kier alpha value is -3.11. The van der Waals surface area contributed by atoms with Crippen molar-refractivity contribution in [3.63, 3.8) is 0 Å². The highest BCUT2D eigenvalue weighted by Crippen LogP contribution is 2.27. The second kappa shape index (κ2) is 12.2. The van der Waals surface area contributed by atoms with Gasteiger partial charge in [0, 0.05) is 45.1 Å². The molecule has 1 heterocycles. The second-order valence-corrected chi connectivity index (χ2v) is 9.14. The summed E-state index contributed by atoms with van der Waals surface area (Å²) in [5, 5.41) is 14.1. The van der Waals surface area contributed by atoms with Gasteiger partial charge in [-0.3, -0.25) is 15.0 Å². The number of carbonyl (C=O) groups excluding carboxylic acids is 2. The fourth-order valence-corrected chi connectivity index (χ4v) is 4.41. The summed E-state index contributed by atoms with van der Waals surface area (Å²) in [6, 6.07) is 14.2. The van der Waals surface area contributed by atoms with E-state index in [0.717, 1.165) is 16.0 Å². The van der Waals surface area contributed by atoms with Crippen LogP contribution >= 0.6 is 0 Å². The van der Waals surface area contributed by atoms with Crippen LogP contribution in [0.4, 0.5) is 13.2 Å². The highest BCUT2D eigenvalue weighted by atomic mass is 19.4. The van der Waals surface area contributed by atoms with Crippen LogP contribution in [0.15, 0.2) is 54.6 Å². The van der Waals surface area contributed by atoms with Gasteiger partial charge in [0.2, 0.25) is 11.8 Å². The van der Waals surface area contributed by atoms with E-state index in [1.165, 1.54) is 12.1 Å². The lowest BCUT2D eigenvalue weighted by atomic mass is 9.91. The molecular weight excluding hydrogens is 473 g/mol. The van der Waals surface area contributed by atoms with Gasteiger partial charge in [-0.05, 0) is 36.6 Å². The van der Waals surface area contributed by atoms with Crippen molar-refractivity contribution in [2.75, 3.05) is 20.1 Å². The summed E-state index contributed by atoms with van der Waals surface area (Å²) in [5.41, 5.74) is 4.74. The first-order chi connectivity index (χ1) is 17.0. The van der Waals surface area contributed by atoms with Gasteiger partial charge in [-0.15, -0.1) is 0 Å². The van der Waals surface area contributed by atoms with Crippen molar-refractivity contribution in [1.29, 1.82) is 0 Å². The quantitative estimate of drug-likeness (QED) is 0.461. The molecule has 3 atom stereocenters. The van der Waals surface area contributed by atoms with E-state index in [2.05, 4.69) is 10.7 Å². The van der Waals surface area contributed by atoms with Gasteiger partial charge in [-0.25, -0.2) is 5.01 Å². The molecule has 0 bridgehead atoms. The number of hydrogen-bond donors (Lipinski definition) is 3. The zero-order chi connectivity index (χ0) is 26.3. The molecule has 3 unspecified atom stereocenters. The summed E-state index contributed by atoms with van der Waals surface area (Å²) in [5.74, 6) is -1.32. The van der Waals surface area contributed by atoms with Crippen molar-refractivity contribution in [3.8, 4) is 5.75 Å². The average Bonchev–Trinajstić information content (AvgIpc) is 3.17. The molecule has 1 saturated heterocycles. The van der Waals surface area contributed by atoms with Crippen molar-refractivity contribution in [1.82, 2.24) is 20.7 Å². The van der Waals surface area contributed by atoms with Crippen molar-refractivity contribution in [2.24, 2.45) is 5.92 Å². The molecule has 1 fully saturated rings. The monoisotopic (exact) mass is 506 g/mol. The lowest BCUT2D eigenvalue weighted by Crippen LogP contribution is -2.56. The van der Waals surface area contributed by atoms with Gasteiger partial charge >= 0.3 is 6.18 Å². The summed E-state index contributed by atoms with van der Waals surface area (Å²) < 4.78 is 39.7. The maximum atomic E-state index is 13.5. The maximum Gasteiger partial charge on any atom is 0.390 e. The smallest absolute Gasteiger partial charge is 0.390 e. The Labute approximate surface area is 209 Å². The van der Waals surface area contributed by atoms with E-state index in [4.69, 9.17) is 0 Å². The average molecular weight is 507 g/mol. The summed E-state index contributed by atoms with van der Waals surface area (Å²) >= 11 is 0. The molecule has 0 saturated carbocycles. The molecule has 1 aliphatic rings. The minimum Gasteiger partial charge on any atom is -0.508 e. The van der Waals surface area contributed by atoms with Crippen molar-refractivity contribution in [2.45, 2.75) is 51.0 Å². The fraction of sp³-hybridized carbons (Fsp3) is 0.462. The molecule has 0 spiro atoms. The number of aromatic hydroxyl groups is 1. The topological polar surface area (TPSA) is 84.9 Å². The highest BCUT2D eigenvalue weighted by molar-refractivity contribution is 5.88. The predicted octanol–water partition coefficient (Wildman–Crippen LogP) is 3.25. The van der Waals surface area contributed by atoms with Crippen LogP contribution in [0.25, 0.3) is 0 Å². The number of benzene rings is 2. The molecule has 2 amide bonds. The second-order valence-electron chi connectivity index (χ2n) is 9.14. The van der Waals surface area contributed by atoms with Crippen LogP contribution in [0.1, 0.15) is 30.9 Å². The number of nitrogens with one attached hydrogen (secondary N) is 2. The van der Waals surface area contributed by atoms with E-state index >= 15 is 0 Å². The van der Waals surface area contributed by atoms with Gasteiger partial charge in [0.05, 0.1) is 6.42 Å². The van der Waals surface area contributed by atoms with Gasteiger partial charge in [0.1, 0.15) is 11.8 Å². The lowest BCUT2D eigenvalue weighted by molar-refractivity contribution is -0.154. The molecule has 2 aromatic carbocycles. The van der Waals surface area contributed by atoms with Crippen LogP contribution in [-0.2, 0) is 22.6 Å². The number of halogens is 3. The number of rotatable bonds is 10. The summed E-state index contributed by atoms with van der Waals surface area (Å²) in [6.07, 6.45) is -5.46. The van der Waals surface area contributed by atoms with E-state index in [-0.39, 0.29) is 31.2 Å². The number of phenolic OH excluding ortho intramolecular Hbond substituents is 1. The standard InChI is InChI=1S/C26H33F3N4O3/c1-18-22(17-31-32(18)2)24(25(36)30-16-20-6-4-3-5-7-20)33(15-14-26(27,28)29)23(35)13-10-19-8-11-21(34)12-9-19/h3-9,11-12,18,22,24,31,34H,10,13-17H2,1-2H3,(H,30,36). The van der Waals surface area contributed by atoms with Gasteiger partial charge in [0.15, 0.2) is 0 Å². The number of alkyl halides is 3. The van der Waals surface area contributed by atoms with Crippen LogP contribution in [0.2, 0.25) is 0 Å². The normalized spacial score (nSPS) is 19.1. The molecule has 0 aromatic heterocycles. The van der Waals surface area contributed by atoms with Crippen LogP contribution in [0.5, 0.6) is 5.75 Å². The number of amides is 2. The summed E-state index contributed by atoms with van der Waals surface area (Å²) in [7, 11) is 1.80. The first-order valence-corrected chi connectivity index (χ1v) is 12.0.